The molecular weight excluding hydrogens is 242 g/mol. The molecule has 0 saturated carbocycles. The summed E-state index contributed by atoms with van der Waals surface area (Å²) in [5, 5.41) is 9.04. The van der Waals surface area contributed by atoms with Crippen molar-refractivity contribution in [3.8, 4) is 0 Å². The van der Waals surface area contributed by atoms with Crippen LogP contribution in [0.15, 0.2) is 24.5 Å². The summed E-state index contributed by atoms with van der Waals surface area (Å²) in [6.07, 6.45) is 2.65. The Balaban J connectivity index is 1.91. The van der Waals surface area contributed by atoms with Gasteiger partial charge in [-0.05, 0) is 18.6 Å². The number of nitrogens with zero attached hydrogens (tertiary/aromatic N) is 3. The second-order valence-electron chi connectivity index (χ2n) is 4.95. The van der Waals surface area contributed by atoms with E-state index >= 15 is 0 Å². The molecule has 19 heavy (non-hydrogen) atoms. The minimum absolute atomic E-state index is 0.109. The number of imidazole rings is 1. The molecule has 2 aromatic rings. The van der Waals surface area contributed by atoms with Crippen LogP contribution in [0.1, 0.15) is 6.42 Å². The van der Waals surface area contributed by atoms with Crippen LogP contribution >= 0.6 is 0 Å². The van der Waals surface area contributed by atoms with E-state index in [0.717, 1.165) is 29.8 Å². The van der Waals surface area contributed by atoms with Crippen LogP contribution < -0.4 is 4.90 Å². The van der Waals surface area contributed by atoms with Crippen LogP contribution in [-0.2, 0) is 11.8 Å². The van der Waals surface area contributed by atoms with E-state index in [9.17, 15) is 0 Å². The third kappa shape index (κ3) is 2.31. The van der Waals surface area contributed by atoms with Crippen LogP contribution in [-0.4, -0.2) is 47.1 Å². The van der Waals surface area contributed by atoms with Crippen molar-refractivity contribution in [2.45, 2.75) is 12.5 Å². The monoisotopic (exact) mass is 261 g/mol. The zero-order valence-electron chi connectivity index (χ0n) is 11.1. The van der Waals surface area contributed by atoms with Crippen LogP contribution in [0.5, 0.6) is 0 Å². The highest BCUT2D eigenvalue weighted by Crippen LogP contribution is 2.27. The summed E-state index contributed by atoms with van der Waals surface area (Å²) in [4.78, 5) is 6.80. The van der Waals surface area contributed by atoms with E-state index in [2.05, 4.69) is 28.1 Å². The van der Waals surface area contributed by atoms with Gasteiger partial charge < -0.3 is 19.3 Å². The zero-order chi connectivity index (χ0) is 13.2. The molecule has 1 saturated heterocycles. The zero-order valence-corrected chi connectivity index (χ0v) is 11.1. The molecule has 1 N–H and O–H groups in total. The fourth-order valence-corrected chi connectivity index (χ4v) is 2.65. The highest BCUT2D eigenvalue weighted by Gasteiger charge is 2.22. The number of hydrogen-bond acceptors (Lipinski definition) is 4. The van der Waals surface area contributed by atoms with Gasteiger partial charge in [-0.3, -0.25) is 0 Å². The number of aromatic nitrogens is 2. The number of aliphatic hydroxyl groups is 1. The predicted octanol–water partition coefficient (Wildman–Crippen LogP) is 1.16. The van der Waals surface area contributed by atoms with E-state index in [1.807, 2.05) is 17.9 Å². The predicted molar refractivity (Wildman–Crippen MR) is 74.4 cm³/mol. The van der Waals surface area contributed by atoms with Gasteiger partial charge in [0.15, 0.2) is 0 Å². The fourth-order valence-electron chi connectivity index (χ4n) is 2.65. The molecular formula is C14H19N3O2. The molecule has 0 radical (unpaired) electrons. The summed E-state index contributed by atoms with van der Waals surface area (Å²) in [5.41, 5.74) is 3.33. The fraction of sp³-hybridized carbons (Fsp3) is 0.500. The van der Waals surface area contributed by atoms with Gasteiger partial charge in [0.25, 0.3) is 0 Å². The van der Waals surface area contributed by atoms with E-state index < -0.39 is 0 Å². The number of anilines is 1. The molecule has 2 heterocycles. The van der Waals surface area contributed by atoms with Crippen LogP contribution in [0.25, 0.3) is 11.0 Å². The summed E-state index contributed by atoms with van der Waals surface area (Å²) >= 11 is 0. The minimum atomic E-state index is 0.109. The molecule has 1 atom stereocenters. The number of benzene rings is 1. The van der Waals surface area contributed by atoms with Gasteiger partial charge in [0, 0.05) is 26.7 Å². The molecule has 5 nitrogen and oxygen atoms in total. The number of rotatable bonds is 3. The topological polar surface area (TPSA) is 50.5 Å². The molecule has 1 fully saturated rings. The van der Waals surface area contributed by atoms with Crippen molar-refractivity contribution >= 4 is 16.7 Å². The van der Waals surface area contributed by atoms with Gasteiger partial charge in [-0.25, -0.2) is 4.98 Å². The maximum absolute atomic E-state index is 9.04. The van der Waals surface area contributed by atoms with Crippen molar-refractivity contribution < 1.29 is 9.84 Å². The first-order valence-corrected chi connectivity index (χ1v) is 6.67. The molecule has 0 unspecified atom stereocenters. The van der Waals surface area contributed by atoms with Gasteiger partial charge >= 0.3 is 0 Å². The van der Waals surface area contributed by atoms with E-state index in [-0.39, 0.29) is 12.7 Å². The Bertz CT molecular complexity index is 565. The average Bonchev–Trinajstić information content (AvgIpc) is 2.81. The van der Waals surface area contributed by atoms with Gasteiger partial charge in [-0.1, -0.05) is 6.07 Å². The Morgan fingerprint density at radius 1 is 1.47 bits per heavy atom. The maximum atomic E-state index is 9.04. The van der Waals surface area contributed by atoms with Gasteiger partial charge in [0.05, 0.1) is 30.2 Å². The van der Waals surface area contributed by atoms with E-state index in [0.29, 0.717) is 13.0 Å². The van der Waals surface area contributed by atoms with Crippen molar-refractivity contribution in [2.75, 3.05) is 31.2 Å². The molecule has 102 valence electrons. The summed E-state index contributed by atoms with van der Waals surface area (Å²) in [6, 6.07) is 6.25. The van der Waals surface area contributed by atoms with E-state index in [1.54, 1.807) is 0 Å². The Kier molecular flexibility index (Phi) is 3.40. The minimum Gasteiger partial charge on any atom is -0.396 e. The summed E-state index contributed by atoms with van der Waals surface area (Å²) < 4.78 is 7.69. The van der Waals surface area contributed by atoms with Gasteiger partial charge in [-0.2, -0.15) is 0 Å². The number of fused-ring (bicyclic) bond motifs is 1. The molecule has 1 aromatic carbocycles. The molecule has 3 rings (SSSR count). The molecule has 0 aliphatic carbocycles. The first kappa shape index (κ1) is 12.4. The quantitative estimate of drug-likeness (QED) is 0.901. The molecule has 5 heteroatoms. The van der Waals surface area contributed by atoms with Crippen LogP contribution in [0.4, 0.5) is 5.69 Å². The number of para-hydroxylation sites is 1. The highest BCUT2D eigenvalue weighted by atomic mass is 16.5. The number of aryl methyl sites for hydroxylation is 1. The van der Waals surface area contributed by atoms with E-state index in [1.165, 1.54) is 0 Å². The van der Waals surface area contributed by atoms with Gasteiger partial charge in [-0.15, -0.1) is 0 Å². The SMILES string of the molecule is Cn1cnc2c(N3CCO[C@H](CCO)C3)cccc21. The number of ether oxygens (including phenoxy) is 1. The Morgan fingerprint density at radius 2 is 2.37 bits per heavy atom. The third-order valence-corrected chi connectivity index (χ3v) is 3.66. The summed E-state index contributed by atoms with van der Waals surface area (Å²) in [6.45, 7) is 2.56. The van der Waals surface area contributed by atoms with Crippen molar-refractivity contribution in [2.24, 2.45) is 7.05 Å². The Morgan fingerprint density at radius 3 is 3.21 bits per heavy atom. The van der Waals surface area contributed by atoms with Crippen molar-refractivity contribution in [3.05, 3.63) is 24.5 Å². The lowest BCUT2D eigenvalue weighted by Gasteiger charge is -2.34. The second kappa shape index (κ2) is 5.19. The second-order valence-corrected chi connectivity index (χ2v) is 4.95. The van der Waals surface area contributed by atoms with Gasteiger partial charge in [0.2, 0.25) is 0 Å². The molecule has 0 spiro atoms. The lowest BCUT2D eigenvalue weighted by atomic mass is 10.1. The van der Waals surface area contributed by atoms with Crippen LogP contribution in [0, 0.1) is 0 Å². The normalized spacial score (nSPS) is 20.1. The summed E-state index contributed by atoms with van der Waals surface area (Å²) in [5.74, 6) is 0. The third-order valence-electron chi connectivity index (χ3n) is 3.66. The molecule has 1 aromatic heterocycles. The van der Waals surface area contributed by atoms with Crippen molar-refractivity contribution in [1.29, 1.82) is 0 Å². The molecule has 1 aliphatic rings. The van der Waals surface area contributed by atoms with Crippen molar-refractivity contribution in [1.82, 2.24) is 9.55 Å². The Labute approximate surface area is 112 Å². The van der Waals surface area contributed by atoms with E-state index in [4.69, 9.17) is 9.84 Å². The first-order chi connectivity index (χ1) is 9.29. The summed E-state index contributed by atoms with van der Waals surface area (Å²) in [7, 11) is 2.01. The molecule has 0 amide bonds. The molecule has 0 bridgehead atoms. The average molecular weight is 261 g/mol. The Hall–Kier alpha value is -1.59. The van der Waals surface area contributed by atoms with Gasteiger partial charge in [0.1, 0.15) is 5.52 Å². The lowest BCUT2D eigenvalue weighted by molar-refractivity contribution is 0.0248. The first-order valence-electron chi connectivity index (χ1n) is 6.67. The number of aliphatic hydroxyl groups excluding tert-OH is 1. The van der Waals surface area contributed by atoms with Crippen LogP contribution in [0.3, 0.4) is 0 Å². The molecule has 1 aliphatic heterocycles. The smallest absolute Gasteiger partial charge is 0.112 e. The standard InChI is InChI=1S/C14H19N3O2/c1-16-10-15-14-12(16)3-2-4-13(14)17-6-8-19-11(9-17)5-7-18/h2-4,10-11,18H,5-9H2,1H3/t11-/m1/s1. The largest absolute Gasteiger partial charge is 0.396 e. The van der Waals surface area contributed by atoms with Crippen LogP contribution in [0.2, 0.25) is 0 Å². The maximum Gasteiger partial charge on any atom is 0.112 e. The highest BCUT2D eigenvalue weighted by molar-refractivity contribution is 5.89. The lowest BCUT2D eigenvalue weighted by Crippen LogP contribution is -2.43. The number of hydrogen-bond donors (Lipinski definition) is 1. The van der Waals surface area contributed by atoms with Crippen molar-refractivity contribution in [3.63, 3.8) is 0 Å². The number of morpholine rings is 1.